The van der Waals surface area contributed by atoms with E-state index in [-0.39, 0.29) is 30.9 Å². The first-order valence-electron chi connectivity index (χ1n) is 13.9. The van der Waals surface area contributed by atoms with Crippen LogP contribution in [0.15, 0.2) is 82.7 Å². The number of benzene rings is 3. The summed E-state index contributed by atoms with van der Waals surface area (Å²) in [7, 11) is 0. The van der Waals surface area contributed by atoms with Gasteiger partial charge in [0.05, 0.1) is 0 Å². The van der Waals surface area contributed by atoms with Gasteiger partial charge in [0.2, 0.25) is 0 Å². The van der Waals surface area contributed by atoms with Crippen molar-refractivity contribution in [3.63, 3.8) is 0 Å². The minimum atomic E-state index is 0. The van der Waals surface area contributed by atoms with E-state index in [1.807, 2.05) is 54.2 Å². The average molecular weight is 723 g/mol. The molecular weight excluding hydrogens is 687 g/mol. The fraction of sp³-hybridized carbons (Fsp3) is 0.314. The number of para-hydroxylation sites is 1. The number of hydrogen-bond acceptors (Lipinski definition) is 4. The number of rotatable bonds is 2. The molecule has 3 nitrogen and oxygen atoms in total. The minimum Gasteiger partial charge on any atom is -0.499 e. The smallest absolute Gasteiger partial charge is 0.499 e. The average Bonchev–Trinajstić information content (AvgIpc) is 3.34. The van der Waals surface area contributed by atoms with E-state index in [9.17, 15) is 0 Å². The summed E-state index contributed by atoms with van der Waals surface area (Å²) < 4.78 is 0. The van der Waals surface area contributed by atoms with E-state index in [2.05, 4.69) is 99.4 Å². The van der Waals surface area contributed by atoms with Crippen LogP contribution in [0, 0.1) is 18.8 Å². The second kappa shape index (κ2) is 11.0. The zero-order chi connectivity index (χ0) is 27.4. The topological polar surface area (TPSA) is 19.4 Å². The van der Waals surface area contributed by atoms with Crippen LogP contribution in [0.2, 0.25) is 0 Å². The van der Waals surface area contributed by atoms with Gasteiger partial charge in [-0.15, -0.1) is 47.0 Å². The van der Waals surface area contributed by atoms with E-state index in [4.69, 9.17) is 0 Å². The largest absolute Gasteiger partial charge is 3.00 e. The Balaban J connectivity index is 0.000000209. The molecule has 2 aliphatic heterocycles. The molecular formula is C35H36IrN3S. The molecule has 0 saturated carbocycles. The molecule has 206 valence electrons. The molecule has 0 N–H and O–H groups in total. The number of fused-ring (bicyclic) bond motifs is 4. The molecule has 40 heavy (non-hydrogen) atoms. The first-order chi connectivity index (χ1) is 18.7. The fourth-order valence-corrected chi connectivity index (χ4v) is 7.35. The maximum atomic E-state index is 4.22. The molecule has 4 aromatic rings. The number of hydrogen-bond donors (Lipinski definition) is 0. The van der Waals surface area contributed by atoms with Crippen molar-refractivity contribution in [1.29, 1.82) is 0 Å². The Bertz CT molecular complexity index is 1460. The molecule has 1 aliphatic carbocycles. The van der Waals surface area contributed by atoms with Crippen molar-refractivity contribution in [2.45, 2.75) is 81.0 Å². The van der Waals surface area contributed by atoms with Gasteiger partial charge < -0.3 is 14.8 Å². The van der Waals surface area contributed by atoms with Gasteiger partial charge in [-0.25, -0.2) is 0 Å². The summed E-state index contributed by atoms with van der Waals surface area (Å²) in [5, 5.41) is 0. The molecule has 0 radical (unpaired) electrons. The number of pyridine rings is 1. The molecule has 0 saturated heterocycles. The van der Waals surface area contributed by atoms with Crippen LogP contribution in [0.5, 0.6) is 0 Å². The van der Waals surface area contributed by atoms with Crippen LogP contribution < -0.4 is 9.80 Å². The summed E-state index contributed by atoms with van der Waals surface area (Å²) in [6.07, 6.45) is 4.26. The van der Waals surface area contributed by atoms with Crippen molar-refractivity contribution in [3.8, 4) is 11.3 Å². The Morgan fingerprint density at radius 2 is 1.70 bits per heavy atom. The van der Waals surface area contributed by atoms with Crippen molar-refractivity contribution in [1.82, 2.24) is 4.98 Å². The molecule has 3 heterocycles. The molecule has 0 unspecified atom stereocenters. The maximum absolute atomic E-state index is 4.22. The molecule has 0 spiro atoms. The standard InChI is InChI=1S/C24H28N2S.C11H8N.Ir/c1-15(2)25-14-26-18-11-10-16-20(24(5,6)13-12-23(16,3)4)22(18)27-19-9-7-8-17(25)21(19)26;1-2-6-10(7-3-1)11-8-4-5-9-12-11;/h7-10,14-15H,12-13H2,1-6H3;1-6,8-9H;/q-2;-1;+3. The number of nitrogens with zero attached hydrogens (tertiary/aromatic N) is 3. The van der Waals surface area contributed by atoms with E-state index in [0.717, 1.165) is 11.3 Å². The molecule has 0 bridgehead atoms. The van der Waals surface area contributed by atoms with Crippen LogP contribution in [-0.2, 0) is 30.9 Å². The number of aromatic nitrogens is 1. The Morgan fingerprint density at radius 1 is 0.925 bits per heavy atom. The molecule has 5 heteroatoms. The summed E-state index contributed by atoms with van der Waals surface area (Å²) in [5.41, 5.74) is 9.33. The second-order valence-corrected chi connectivity index (χ2v) is 13.3. The quantitative estimate of drug-likeness (QED) is 0.192. The Kier molecular flexibility index (Phi) is 7.96. The van der Waals surface area contributed by atoms with E-state index < -0.39 is 0 Å². The third kappa shape index (κ3) is 5.02. The van der Waals surface area contributed by atoms with Crippen LogP contribution >= 0.6 is 11.8 Å². The first-order valence-corrected chi connectivity index (χ1v) is 14.7. The molecule has 0 amide bonds. The SMILES string of the molecule is CC(C)N1[CH-]N2c3[c-]cc4c(c3Sc3cccc1c32)C(C)(C)CCC4(C)C.[Ir+3].[c-]1ccccc1-c1ccccn1. The van der Waals surface area contributed by atoms with Gasteiger partial charge in [0.15, 0.2) is 0 Å². The first kappa shape index (κ1) is 28.9. The Hall–Kier alpha value is -2.59. The van der Waals surface area contributed by atoms with E-state index >= 15 is 0 Å². The van der Waals surface area contributed by atoms with Crippen LogP contribution in [0.25, 0.3) is 11.3 Å². The molecule has 0 atom stereocenters. The third-order valence-electron chi connectivity index (χ3n) is 8.24. The molecule has 1 aromatic heterocycles. The van der Waals surface area contributed by atoms with Gasteiger partial charge >= 0.3 is 20.1 Å². The summed E-state index contributed by atoms with van der Waals surface area (Å²) in [6.45, 7) is 16.4. The molecule has 7 rings (SSSR count). The predicted octanol–water partition coefficient (Wildman–Crippen LogP) is 9.33. The van der Waals surface area contributed by atoms with Crippen LogP contribution in [-0.4, -0.2) is 11.0 Å². The summed E-state index contributed by atoms with van der Waals surface area (Å²) in [4.78, 5) is 11.8. The van der Waals surface area contributed by atoms with Gasteiger partial charge in [0.1, 0.15) is 0 Å². The maximum Gasteiger partial charge on any atom is 3.00 e. The Labute approximate surface area is 257 Å². The zero-order valence-electron chi connectivity index (χ0n) is 24.1. The third-order valence-corrected chi connectivity index (χ3v) is 9.39. The van der Waals surface area contributed by atoms with Crippen molar-refractivity contribution >= 4 is 28.8 Å². The van der Waals surface area contributed by atoms with Gasteiger partial charge in [0.25, 0.3) is 0 Å². The fourth-order valence-electron chi connectivity index (χ4n) is 5.94. The predicted molar refractivity (Wildman–Crippen MR) is 164 cm³/mol. The molecule has 3 aromatic carbocycles. The van der Waals surface area contributed by atoms with Crippen LogP contribution in [0.1, 0.15) is 65.5 Å². The van der Waals surface area contributed by atoms with Gasteiger partial charge in [0, 0.05) is 22.5 Å². The van der Waals surface area contributed by atoms with Gasteiger partial charge in [-0.3, -0.25) is 0 Å². The minimum absolute atomic E-state index is 0. The zero-order valence-corrected chi connectivity index (χ0v) is 27.3. The van der Waals surface area contributed by atoms with E-state index in [1.54, 1.807) is 11.8 Å². The summed E-state index contributed by atoms with van der Waals surface area (Å²) >= 11 is 1.95. The normalized spacial score (nSPS) is 17.2. The van der Waals surface area contributed by atoms with E-state index in [0.29, 0.717) is 6.04 Å². The van der Waals surface area contributed by atoms with Gasteiger partial charge in [-0.1, -0.05) is 68.3 Å². The monoisotopic (exact) mass is 723 g/mol. The second-order valence-electron chi connectivity index (χ2n) is 12.2. The molecule has 0 fully saturated rings. The number of anilines is 3. The van der Waals surface area contributed by atoms with Crippen molar-refractivity contribution in [2.24, 2.45) is 0 Å². The van der Waals surface area contributed by atoms with Crippen LogP contribution in [0.4, 0.5) is 17.1 Å². The Morgan fingerprint density at radius 3 is 2.40 bits per heavy atom. The van der Waals surface area contributed by atoms with Crippen molar-refractivity contribution in [2.75, 3.05) is 9.80 Å². The van der Waals surface area contributed by atoms with Gasteiger partial charge in [-0.05, 0) is 55.6 Å². The molecule has 3 aliphatic rings. The van der Waals surface area contributed by atoms with Gasteiger partial charge in [-0.2, -0.15) is 30.6 Å². The van der Waals surface area contributed by atoms with Crippen LogP contribution in [0.3, 0.4) is 0 Å². The van der Waals surface area contributed by atoms with Crippen molar-refractivity contribution in [3.05, 3.63) is 103 Å². The van der Waals surface area contributed by atoms with E-state index in [1.165, 1.54) is 45.3 Å². The van der Waals surface area contributed by atoms with Crippen molar-refractivity contribution < 1.29 is 20.1 Å². The summed E-state index contributed by atoms with van der Waals surface area (Å²) in [6, 6.07) is 29.9. The summed E-state index contributed by atoms with van der Waals surface area (Å²) in [5.74, 6) is 0.